The van der Waals surface area contributed by atoms with Gasteiger partial charge < -0.3 is 4.42 Å². The van der Waals surface area contributed by atoms with Crippen molar-refractivity contribution >= 4 is 0 Å². The van der Waals surface area contributed by atoms with Crippen LogP contribution in [0.3, 0.4) is 0 Å². The molecule has 2 rings (SSSR count). The number of oxazole rings is 1. The van der Waals surface area contributed by atoms with Crippen molar-refractivity contribution in [3.8, 4) is 11.5 Å². The molecule has 2 nitrogen and oxygen atoms in total. The summed E-state index contributed by atoms with van der Waals surface area (Å²) in [5.41, 5.74) is 0.654. The summed E-state index contributed by atoms with van der Waals surface area (Å²) in [5.74, 6) is 0.139. The van der Waals surface area contributed by atoms with Crippen molar-refractivity contribution in [3.05, 3.63) is 42.5 Å². The molecule has 0 saturated carbocycles. The second kappa shape index (κ2) is 4.30. The molecule has 0 fully saturated rings. The predicted octanol–water partition coefficient (Wildman–Crippen LogP) is 2.28. The Balaban J connectivity index is 0.000000845. The zero-order valence-corrected chi connectivity index (χ0v) is 8.85. The first kappa shape index (κ1) is 10.1. The second-order valence-electron chi connectivity index (χ2n) is 2.26. The molecule has 0 aliphatic rings. The summed E-state index contributed by atoms with van der Waals surface area (Å²) in [4.78, 5) is 3.90. The Morgan fingerprint density at radius 1 is 1.38 bits per heavy atom. The standard InChI is InChI=1S/C9H5FNO.Ir/c10-8-3-1-7(2-4-8)9-11-5-6-12-9;/h1,3-6H;/q-1;. The average Bonchev–Trinajstić information content (AvgIpc) is 2.58. The fraction of sp³-hybridized carbons (Fsp3) is 0. The van der Waals surface area contributed by atoms with Crippen LogP contribution in [0.1, 0.15) is 0 Å². The minimum absolute atomic E-state index is 0. The Labute approximate surface area is 88.1 Å². The van der Waals surface area contributed by atoms with Gasteiger partial charge in [0, 0.05) is 25.9 Å². The quantitative estimate of drug-likeness (QED) is 0.735. The van der Waals surface area contributed by atoms with Gasteiger partial charge in [0.2, 0.25) is 0 Å². The van der Waals surface area contributed by atoms with Crippen molar-refractivity contribution in [2.75, 3.05) is 0 Å². The first-order valence-electron chi connectivity index (χ1n) is 3.43. The molecule has 0 aliphatic heterocycles. The van der Waals surface area contributed by atoms with E-state index in [-0.39, 0.29) is 25.9 Å². The maximum atomic E-state index is 12.4. The Morgan fingerprint density at radius 2 is 2.23 bits per heavy atom. The van der Waals surface area contributed by atoms with E-state index in [0.717, 1.165) is 0 Å². The Kier molecular flexibility index (Phi) is 3.34. The summed E-state index contributed by atoms with van der Waals surface area (Å²) in [6.07, 6.45) is 3.00. The molecule has 0 N–H and O–H groups in total. The van der Waals surface area contributed by atoms with Crippen molar-refractivity contribution in [1.82, 2.24) is 4.98 Å². The molecular weight excluding hydrogens is 349 g/mol. The van der Waals surface area contributed by atoms with Crippen molar-refractivity contribution in [2.45, 2.75) is 0 Å². The molecule has 0 spiro atoms. The van der Waals surface area contributed by atoms with Crippen LogP contribution >= 0.6 is 0 Å². The molecule has 1 aromatic carbocycles. The van der Waals surface area contributed by atoms with Gasteiger partial charge in [0.15, 0.2) is 0 Å². The van der Waals surface area contributed by atoms with E-state index in [1.54, 1.807) is 6.07 Å². The molecular formula is C9H5FIrNO-. The van der Waals surface area contributed by atoms with Crippen LogP contribution in [0.15, 0.2) is 35.1 Å². The van der Waals surface area contributed by atoms with E-state index in [0.29, 0.717) is 11.5 Å². The molecule has 4 heteroatoms. The molecule has 1 radical (unpaired) electrons. The van der Waals surface area contributed by atoms with Crippen LogP contribution < -0.4 is 0 Å². The van der Waals surface area contributed by atoms with E-state index in [1.807, 2.05) is 0 Å². The maximum absolute atomic E-state index is 12.4. The third-order valence-electron chi connectivity index (χ3n) is 1.44. The molecule has 0 atom stereocenters. The molecule has 0 aliphatic carbocycles. The van der Waals surface area contributed by atoms with Crippen molar-refractivity contribution < 1.29 is 28.9 Å². The van der Waals surface area contributed by atoms with Crippen LogP contribution in [0.5, 0.6) is 0 Å². The van der Waals surface area contributed by atoms with Crippen LogP contribution in [0, 0.1) is 11.9 Å². The third-order valence-corrected chi connectivity index (χ3v) is 1.44. The van der Waals surface area contributed by atoms with Crippen LogP contribution in [0.2, 0.25) is 0 Å². The second-order valence-corrected chi connectivity index (χ2v) is 2.26. The van der Waals surface area contributed by atoms with Gasteiger partial charge in [-0.1, -0.05) is 5.56 Å². The van der Waals surface area contributed by atoms with Gasteiger partial charge in [0.05, 0.1) is 12.5 Å². The number of nitrogens with zero attached hydrogens (tertiary/aromatic N) is 1. The Morgan fingerprint density at radius 3 is 2.77 bits per heavy atom. The van der Waals surface area contributed by atoms with Crippen molar-refractivity contribution in [1.29, 1.82) is 0 Å². The molecule has 0 bridgehead atoms. The van der Waals surface area contributed by atoms with Gasteiger partial charge in [0.25, 0.3) is 0 Å². The molecule has 69 valence electrons. The minimum atomic E-state index is -0.315. The van der Waals surface area contributed by atoms with E-state index in [9.17, 15) is 4.39 Å². The van der Waals surface area contributed by atoms with Crippen LogP contribution in [-0.2, 0) is 20.1 Å². The van der Waals surface area contributed by atoms with Gasteiger partial charge in [-0.15, -0.1) is 24.3 Å². The van der Waals surface area contributed by atoms with E-state index >= 15 is 0 Å². The summed E-state index contributed by atoms with van der Waals surface area (Å²) in [6.45, 7) is 0. The van der Waals surface area contributed by atoms with E-state index in [1.165, 1.54) is 24.6 Å². The Hall–Kier alpha value is -0.991. The first-order chi connectivity index (χ1) is 5.86. The first-order valence-corrected chi connectivity index (χ1v) is 3.43. The molecule has 2 aromatic rings. The summed E-state index contributed by atoms with van der Waals surface area (Å²) < 4.78 is 17.4. The molecule has 0 unspecified atom stereocenters. The van der Waals surface area contributed by atoms with Crippen LogP contribution in [0.4, 0.5) is 4.39 Å². The summed E-state index contributed by atoms with van der Waals surface area (Å²) in [5, 5.41) is 0. The van der Waals surface area contributed by atoms with Gasteiger partial charge in [-0.2, -0.15) is 0 Å². The smallest absolute Gasteiger partial charge is 0.140 e. The topological polar surface area (TPSA) is 26.0 Å². The zero-order chi connectivity index (χ0) is 8.39. The minimum Gasteiger partial charge on any atom is -0.489 e. The van der Waals surface area contributed by atoms with Crippen molar-refractivity contribution in [3.63, 3.8) is 0 Å². The number of hydrogen-bond acceptors (Lipinski definition) is 2. The normalized spacial score (nSPS) is 9.31. The number of aromatic nitrogens is 1. The number of halogens is 1. The van der Waals surface area contributed by atoms with Gasteiger partial charge in [0.1, 0.15) is 5.89 Å². The monoisotopic (exact) mass is 355 g/mol. The largest absolute Gasteiger partial charge is 0.489 e. The fourth-order valence-electron chi connectivity index (χ4n) is 0.895. The summed E-state index contributed by atoms with van der Waals surface area (Å²) in [6, 6.07) is 6.87. The van der Waals surface area contributed by atoms with E-state index in [2.05, 4.69) is 11.1 Å². The number of benzene rings is 1. The number of rotatable bonds is 1. The molecule has 0 amide bonds. The van der Waals surface area contributed by atoms with E-state index in [4.69, 9.17) is 4.42 Å². The fourth-order valence-corrected chi connectivity index (χ4v) is 0.895. The van der Waals surface area contributed by atoms with Gasteiger partial charge in [-0.25, -0.2) is 0 Å². The molecule has 1 heterocycles. The molecule has 13 heavy (non-hydrogen) atoms. The SMILES string of the molecule is Fc1c[c-]c(-c2ncco2)cc1.[Ir]. The van der Waals surface area contributed by atoms with Crippen LogP contribution in [-0.4, -0.2) is 4.98 Å². The van der Waals surface area contributed by atoms with Gasteiger partial charge >= 0.3 is 0 Å². The predicted molar refractivity (Wildman–Crippen MR) is 40.7 cm³/mol. The average molecular weight is 354 g/mol. The molecule has 0 saturated heterocycles. The van der Waals surface area contributed by atoms with Crippen molar-refractivity contribution in [2.24, 2.45) is 0 Å². The van der Waals surface area contributed by atoms with Gasteiger partial charge in [-0.3, -0.25) is 9.37 Å². The summed E-state index contributed by atoms with van der Waals surface area (Å²) >= 11 is 0. The van der Waals surface area contributed by atoms with Gasteiger partial charge in [-0.05, 0) is 0 Å². The zero-order valence-electron chi connectivity index (χ0n) is 6.45. The Bertz CT molecular complexity index is 358. The third kappa shape index (κ3) is 2.23. The maximum Gasteiger partial charge on any atom is 0.140 e. The molecule has 1 aromatic heterocycles. The number of hydrogen-bond donors (Lipinski definition) is 0. The summed E-state index contributed by atoms with van der Waals surface area (Å²) in [7, 11) is 0. The van der Waals surface area contributed by atoms with Crippen LogP contribution in [0.25, 0.3) is 11.5 Å². The van der Waals surface area contributed by atoms with E-state index < -0.39 is 0 Å².